The molecule has 8 nitrogen and oxygen atoms in total. The van der Waals surface area contributed by atoms with Crippen LogP contribution in [0, 0.1) is 5.82 Å². The average molecular weight is 499 g/mol. The monoisotopic (exact) mass is 498 g/mol. The first-order chi connectivity index (χ1) is 16.9. The summed E-state index contributed by atoms with van der Waals surface area (Å²) in [4.78, 5) is 19.2. The number of hydrogen-bond acceptors (Lipinski definition) is 6. The molecule has 3 aromatic rings. The Kier molecular flexibility index (Phi) is 6.66. The van der Waals surface area contributed by atoms with Gasteiger partial charge in [0.2, 0.25) is 27.6 Å². The van der Waals surface area contributed by atoms with Gasteiger partial charge in [0.1, 0.15) is 5.82 Å². The molecular weight excluding hydrogens is 471 g/mol. The summed E-state index contributed by atoms with van der Waals surface area (Å²) in [6.07, 6.45) is 3.36. The lowest BCUT2D eigenvalue weighted by atomic mass is 9.96. The lowest BCUT2D eigenvalue weighted by Crippen LogP contribution is -2.38. The summed E-state index contributed by atoms with van der Waals surface area (Å²) in [7, 11) is -3.47. The maximum absolute atomic E-state index is 13.4. The highest BCUT2D eigenvalue weighted by molar-refractivity contribution is 7.89. The lowest BCUT2D eigenvalue weighted by Gasteiger charge is -2.30. The molecule has 5 rings (SSSR count). The molecule has 2 aliphatic heterocycles. The van der Waals surface area contributed by atoms with Gasteiger partial charge in [-0.3, -0.25) is 4.79 Å². The van der Waals surface area contributed by atoms with Crippen molar-refractivity contribution in [3.63, 3.8) is 0 Å². The van der Waals surface area contributed by atoms with E-state index in [4.69, 9.17) is 4.52 Å². The van der Waals surface area contributed by atoms with Crippen LogP contribution in [0.15, 0.2) is 57.9 Å². The zero-order valence-electron chi connectivity index (χ0n) is 19.3. The summed E-state index contributed by atoms with van der Waals surface area (Å²) < 4.78 is 45.8. The molecule has 184 valence electrons. The van der Waals surface area contributed by atoms with E-state index in [1.165, 1.54) is 16.4 Å². The molecule has 0 unspecified atom stereocenters. The highest BCUT2D eigenvalue weighted by atomic mass is 32.2. The van der Waals surface area contributed by atoms with Crippen molar-refractivity contribution in [2.45, 2.75) is 42.9 Å². The fourth-order valence-corrected chi connectivity index (χ4v) is 6.20. The minimum absolute atomic E-state index is 0.0239. The van der Waals surface area contributed by atoms with Gasteiger partial charge in [0.05, 0.1) is 11.3 Å². The van der Waals surface area contributed by atoms with Crippen LogP contribution in [0.4, 0.5) is 4.39 Å². The Bertz CT molecular complexity index is 1300. The number of amides is 1. The van der Waals surface area contributed by atoms with Crippen molar-refractivity contribution in [2.75, 3.05) is 26.2 Å². The van der Waals surface area contributed by atoms with Crippen molar-refractivity contribution < 1.29 is 22.1 Å². The van der Waals surface area contributed by atoms with Gasteiger partial charge >= 0.3 is 0 Å². The molecule has 1 amide bonds. The van der Waals surface area contributed by atoms with Gasteiger partial charge in [-0.1, -0.05) is 17.3 Å². The average Bonchev–Trinajstić information content (AvgIpc) is 3.58. The first kappa shape index (κ1) is 23.6. The van der Waals surface area contributed by atoms with Gasteiger partial charge in [-0.15, -0.1) is 0 Å². The van der Waals surface area contributed by atoms with Crippen LogP contribution in [0.5, 0.6) is 0 Å². The summed E-state index contributed by atoms with van der Waals surface area (Å²) >= 11 is 0. The molecular formula is C25H27FN4O4S. The zero-order chi connectivity index (χ0) is 24.4. The van der Waals surface area contributed by atoms with Crippen molar-refractivity contribution in [3.8, 4) is 11.4 Å². The number of carbonyl (C=O) groups excluding carboxylic acids is 1. The minimum Gasteiger partial charge on any atom is -0.342 e. The van der Waals surface area contributed by atoms with E-state index in [2.05, 4.69) is 10.1 Å². The molecule has 3 heterocycles. The number of likely N-dealkylation sites (tertiary alicyclic amines) is 1. The topological polar surface area (TPSA) is 96.6 Å². The first-order valence-electron chi connectivity index (χ1n) is 11.9. The Morgan fingerprint density at radius 3 is 2.43 bits per heavy atom. The fourth-order valence-electron chi connectivity index (χ4n) is 4.68. The second-order valence-electron chi connectivity index (χ2n) is 9.05. The highest BCUT2D eigenvalue weighted by Gasteiger charge is 2.29. The van der Waals surface area contributed by atoms with Crippen LogP contribution in [0.1, 0.15) is 43.1 Å². The van der Waals surface area contributed by atoms with Gasteiger partial charge in [-0.05, 0) is 67.6 Å². The molecule has 0 bridgehead atoms. The van der Waals surface area contributed by atoms with Gasteiger partial charge < -0.3 is 9.42 Å². The number of piperidine rings is 1. The number of carbonyl (C=O) groups is 1. The predicted octanol–water partition coefficient (Wildman–Crippen LogP) is 3.61. The molecule has 0 N–H and O–H groups in total. The van der Waals surface area contributed by atoms with Crippen molar-refractivity contribution in [1.82, 2.24) is 19.3 Å². The SMILES string of the molecule is O=C(Cc1cccc(F)c1)N1CCC(c2nc(-c3ccc(S(=O)(=O)N4CCCC4)cc3)no2)CC1. The summed E-state index contributed by atoms with van der Waals surface area (Å²) in [6.45, 7) is 2.26. The smallest absolute Gasteiger partial charge is 0.243 e. The van der Waals surface area contributed by atoms with Crippen LogP contribution in [-0.4, -0.2) is 59.8 Å². The Hall–Kier alpha value is -3.11. The normalized spacial score (nSPS) is 17.7. The maximum Gasteiger partial charge on any atom is 0.243 e. The van der Waals surface area contributed by atoms with Crippen molar-refractivity contribution >= 4 is 15.9 Å². The number of nitrogens with zero attached hydrogens (tertiary/aromatic N) is 4. The Morgan fingerprint density at radius 1 is 1.03 bits per heavy atom. The standard InChI is InChI=1S/C25H27FN4O4S/c26-21-5-3-4-18(16-21)17-23(31)29-14-10-20(11-15-29)25-27-24(28-34-25)19-6-8-22(9-7-19)35(32,33)30-12-1-2-13-30/h3-9,16,20H,1-2,10-15,17H2. The van der Waals surface area contributed by atoms with Crippen LogP contribution >= 0.6 is 0 Å². The van der Waals surface area contributed by atoms with E-state index in [1.54, 1.807) is 41.3 Å². The van der Waals surface area contributed by atoms with Crippen LogP contribution in [-0.2, 0) is 21.2 Å². The number of rotatable bonds is 6. The van der Waals surface area contributed by atoms with Gasteiger partial charge in [0.25, 0.3) is 0 Å². The summed E-state index contributed by atoms with van der Waals surface area (Å²) in [6, 6.07) is 12.7. The number of benzene rings is 2. The molecule has 0 atom stereocenters. The van der Waals surface area contributed by atoms with Gasteiger partial charge in [-0.25, -0.2) is 12.8 Å². The van der Waals surface area contributed by atoms with Gasteiger partial charge in [-0.2, -0.15) is 9.29 Å². The molecule has 2 saturated heterocycles. The van der Waals surface area contributed by atoms with E-state index < -0.39 is 10.0 Å². The number of hydrogen-bond donors (Lipinski definition) is 0. The third-order valence-corrected chi connectivity index (χ3v) is 8.61. The van der Waals surface area contributed by atoms with E-state index in [1.807, 2.05) is 0 Å². The molecule has 0 saturated carbocycles. The van der Waals surface area contributed by atoms with Crippen LogP contribution < -0.4 is 0 Å². The highest BCUT2D eigenvalue weighted by Crippen LogP contribution is 2.29. The predicted molar refractivity (Wildman–Crippen MR) is 126 cm³/mol. The first-order valence-corrected chi connectivity index (χ1v) is 13.3. The van der Waals surface area contributed by atoms with E-state index >= 15 is 0 Å². The summed E-state index contributed by atoms with van der Waals surface area (Å²) in [5.41, 5.74) is 1.35. The Balaban J connectivity index is 1.19. The van der Waals surface area contributed by atoms with Crippen LogP contribution in [0.3, 0.4) is 0 Å². The minimum atomic E-state index is -3.47. The molecule has 1 aromatic heterocycles. The lowest BCUT2D eigenvalue weighted by molar-refractivity contribution is -0.131. The third-order valence-electron chi connectivity index (χ3n) is 6.70. The Morgan fingerprint density at radius 2 is 1.74 bits per heavy atom. The number of aromatic nitrogens is 2. The van der Waals surface area contributed by atoms with E-state index in [0.29, 0.717) is 61.9 Å². The number of sulfonamides is 1. The second-order valence-corrected chi connectivity index (χ2v) is 11.0. The molecule has 2 aliphatic rings. The molecule has 2 aromatic carbocycles. The fraction of sp³-hybridized carbons (Fsp3) is 0.400. The zero-order valence-corrected chi connectivity index (χ0v) is 20.1. The molecule has 0 aliphatic carbocycles. The van der Waals surface area contributed by atoms with Crippen molar-refractivity contribution in [1.29, 1.82) is 0 Å². The van der Waals surface area contributed by atoms with Crippen LogP contribution in [0.25, 0.3) is 11.4 Å². The van der Waals surface area contributed by atoms with Crippen molar-refractivity contribution in [3.05, 3.63) is 65.8 Å². The largest absolute Gasteiger partial charge is 0.342 e. The molecule has 10 heteroatoms. The quantitative estimate of drug-likeness (QED) is 0.515. The molecule has 2 fully saturated rings. The van der Waals surface area contributed by atoms with E-state index in [0.717, 1.165) is 12.8 Å². The van der Waals surface area contributed by atoms with E-state index in [9.17, 15) is 17.6 Å². The summed E-state index contributed by atoms with van der Waals surface area (Å²) in [5, 5.41) is 4.09. The van der Waals surface area contributed by atoms with Gasteiger partial charge in [0, 0.05) is 37.7 Å². The second kappa shape index (κ2) is 9.87. The van der Waals surface area contributed by atoms with Gasteiger partial charge in [0.15, 0.2) is 0 Å². The van der Waals surface area contributed by atoms with E-state index in [-0.39, 0.29) is 29.0 Å². The molecule has 0 radical (unpaired) electrons. The maximum atomic E-state index is 13.4. The Labute approximate surface area is 203 Å². The third kappa shape index (κ3) is 5.13. The van der Waals surface area contributed by atoms with Crippen molar-refractivity contribution in [2.24, 2.45) is 0 Å². The molecule has 35 heavy (non-hydrogen) atoms. The number of halogens is 1. The molecule has 0 spiro atoms. The van der Waals surface area contributed by atoms with Crippen LogP contribution in [0.2, 0.25) is 0 Å². The summed E-state index contributed by atoms with van der Waals surface area (Å²) in [5.74, 6) is 0.610.